The highest BCUT2D eigenvalue weighted by Crippen LogP contribution is 2.36. The average molecular weight is 307 g/mol. The molecule has 0 heterocycles. The quantitative estimate of drug-likeness (QED) is 0.888. The van der Waals surface area contributed by atoms with Gasteiger partial charge in [0.15, 0.2) is 0 Å². The fourth-order valence-corrected chi connectivity index (χ4v) is 3.32. The van der Waals surface area contributed by atoms with Gasteiger partial charge in [0.1, 0.15) is 6.07 Å². The highest BCUT2D eigenvalue weighted by Gasteiger charge is 2.31. The van der Waals surface area contributed by atoms with E-state index in [-0.39, 0.29) is 0 Å². The molecule has 3 unspecified atom stereocenters. The first-order valence-corrected chi connectivity index (χ1v) is 7.41. The van der Waals surface area contributed by atoms with Crippen LogP contribution in [0.4, 0.5) is 5.69 Å². The summed E-state index contributed by atoms with van der Waals surface area (Å²) in [6.07, 6.45) is 3.76. The van der Waals surface area contributed by atoms with Crippen molar-refractivity contribution in [3.05, 3.63) is 28.2 Å². The maximum Gasteiger partial charge on any atom is 0.101 e. The van der Waals surface area contributed by atoms with Crippen LogP contribution >= 0.6 is 15.9 Å². The molecule has 0 amide bonds. The SMILES string of the molecule is CCC1CCC(Nc2cc(Br)ccc2C#N)C1C. The van der Waals surface area contributed by atoms with Crippen molar-refractivity contribution in [1.82, 2.24) is 0 Å². The number of nitriles is 1. The van der Waals surface area contributed by atoms with Crippen molar-refractivity contribution in [2.24, 2.45) is 11.8 Å². The Morgan fingerprint density at radius 3 is 2.83 bits per heavy atom. The van der Waals surface area contributed by atoms with Crippen LogP contribution in [0.1, 0.15) is 38.7 Å². The molecule has 0 saturated heterocycles. The lowest BCUT2D eigenvalue weighted by atomic mass is 9.93. The summed E-state index contributed by atoms with van der Waals surface area (Å²) < 4.78 is 1.02. The average Bonchev–Trinajstić information content (AvgIpc) is 2.71. The zero-order valence-electron chi connectivity index (χ0n) is 10.9. The number of benzene rings is 1. The van der Waals surface area contributed by atoms with Gasteiger partial charge in [0.25, 0.3) is 0 Å². The summed E-state index contributed by atoms with van der Waals surface area (Å²) in [5.74, 6) is 1.50. The van der Waals surface area contributed by atoms with E-state index in [4.69, 9.17) is 5.26 Å². The smallest absolute Gasteiger partial charge is 0.101 e. The normalized spacial score (nSPS) is 26.9. The molecule has 3 heteroatoms. The van der Waals surface area contributed by atoms with Crippen molar-refractivity contribution in [2.75, 3.05) is 5.32 Å². The summed E-state index contributed by atoms with van der Waals surface area (Å²) in [7, 11) is 0. The molecule has 2 rings (SSSR count). The van der Waals surface area contributed by atoms with Crippen molar-refractivity contribution in [3.8, 4) is 6.07 Å². The molecule has 1 aliphatic carbocycles. The van der Waals surface area contributed by atoms with Crippen LogP contribution in [0.15, 0.2) is 22.7 Å². The molecular weight excluding hydrogens is 288 g/mol. The van der Waals surface area contributed by atoms with Crippen LogP contribution in [-0.4, -0.2) is 6.04 Å². The summed E-state index contributed by atoms with van der Waals surface area (Å²) in [6.45, 7) is 4.59. The summed E-state index contributed by atoms with van der Waals surface area (Å²) in [4.78, 5) is 0. The minimum atomic E-state index is 0.497. The van der Waals surface area contributed by atoms with Gasteiger partial charge in [0.2, 0.25) is 0 Å². The Balaban J connectivity index is 2.15. The highest BCUT2D eigenvalue weighted by atomic mass is 79.9. The van der Waals surface area contributed by atoms with Gasteiger partial charge in [-0.15, -0.1) is 0 Å². The van der Waals surface area contributed by atoms with Crippen LogP contribution in [0, 0.1) is 23.2 Å². The van der Waals surface area contributed by atoms with Crippen LogP contribution in [-0.2, 0) is 0 Å². The minimum Gasteiger partial charge on any atom is -0.381 e. The second-order valence-electron chi connectivity index (χ2n) is 5.16. The molecule has 1 saturated carbocycles. The molecule has 3 atom stereocenters. The molecule has 1 aromatic carbocycles. The fourth-order valence-electron chi connectivity index (χ4n) is 2.96. The number of hydrogen-bond acceptors (Lipinski definition) is 2. The summed E-state index contributed by atoms with van der Waals surface area (Å²) in [5.41, 5.74) is 1.69. The molecule has 1 fully saturated rings. The molecule has 1 aliphatic rings. The number of nitrogens with zero attached hydrogens (tertiary/aromatic N) is 1. The largest absolute Gasteiger partial charge is 0.381 e. The first-order valence-electron chi connectivity index (χ1n) is 6.62. The van der Waals surface area contributed by atoms with E-state index in [9.17, 15) is 0 Å². The molecule has 18 heavy (non-hydrogen) atoms. The number of anilines is 1. The molecule has 1 aromatic rings. The Hall–Kier alpha value is -1.01. The van der Waals surface area contributed by atoms with Gasteiger partial charge in [0.05, 0.1) is 11.3 Å². The van der Waals surface area contributed by atoms with E-state index in [0.717, 1.165) is 21.6 Å². The summed E-state index contributed by atoms with van der Waals surface area (Å²) in [6, 6.07) is 8.53. The Morgan fingerprint density at radius 2 is 2.22 bits per heavy atom. The predicted molar refractivity (Wildman–Crippen MR) is 78.4 cm³/mol. The summed E-state index contributed by atoms with van der Waals surface area (Å²) in [5, 5.41) is 12.7. The second-order valence-corrected chi connectivity index (χ2v) is 6.07. The molecule has 96 valence electrons. The highest BCUT2D eigenvalue weighted by molar-refractivity contribution is 9.10. The van der Waals surface area contributed by atoms with Crippen LogP contribution < -0.4 is 5.32 Å². The van der Waals surface area contributed by atoms with Crippen molar-refractivity contribution in [3.63, 3.8) is 0 Å². The third-order valence-electron chi connectivity index (χ3n) is 4.19. The molecule has 0 bridgehead atoms. The molecular formula is C15H19BrN2. The Bertz CT molecular complexity index is 464. The van der Waals surface area contributed by atoms with E-state index in [1.807, 2.05) is 18.2 Å². The van der Waals surface area contributed by atoms with E-state index in [1.54, 1.807) is 0 Å². The summed E-state index contributed by atoms with van der Waals surface area (Å²) >= 11 is 3.47. The van der Waals surface area contributed by atoms with Crippen LogP contribution in [0.2, 0.25) is 0 Å². The molecule has 1 N–H and O–H groups in total. The van der Waals surface area contributed by atoms with Gasteiger partial charge >= 0.3 is 0 Å². The second kappa shape index (κ2) is 5.75. The van der Waals surface area contributed by atoms with Gasteiger partial charge in [-0.1, -0.05) is 36.2 Å². The van der Waals surface area contributed by atoms with Gasteiger partial charge in [-0.25, -0.2) is 0 Å². The Labute approximate surface area is 118 Å². The first-order chi connectivity index (χ1) is 8.65. The third-order valence-corrected chi connectivity index (χ3v) is 4.69. The number of nitrogens with one attached hydrogen (secondary N) is 1. The van der Waals surface area contributed by atoms with Gasteiger partial charge in [0, 0.05) is 10.5 Å². The number of hydrogen-bond donors (Lipinski definition) is 1. The van der Waals surface area contributed by atoms with E-state index in [0.29, 0.717) is 12.0 Å². The lowest BCUT2D eigenvalue weighted by Gasteiger charge is -2.22. The van der Waals surface area contributed by atoms with Gasteiger partial charge in [-0.3, -0.25) is 0 Å². The lowest BCUT2D eigenvalue weighted by molar-refractivity contribution is 0.392. The minimum absolute atomic E-state index is 0.497. The standard InChI is InChI=1S/C15H19BrN2/c1-3-11-5-7-14(10(11)2)18-15-8-13(16)6-4-12(15)9-17/h4,6,8,10-11,14,18H,3,5,7H2,1-2H3. The maximum atomic E-state index is 9.14. The fraction of sp³-hybridized carbons (Fsp3) is 0.533. The van der Waals surface area contributed by atoms with E-state index in [1.165, 1.54) is 19.3 Å². The van der Waals surface area contributed by atoms with Crippen LogP contribution in [0.5, 0.6) is 0 Å². The lowest BCUT2D eigenvalue weighted by Crippen LogP contribution is -2.25. The molecule has 0 aliphatic heterocycles. The van der Waals surface area contributed by atoms with Crippen LogP contribution in [0.3, 0.4) is 0 Å². The van der Waals surface area contributed by atoms with Crippen molar-refractivity contribution in [1.29, 1.82) is 5.26 Å². The van der Waals surface area contributed by atoms with E-state index in [2.05, 4.69) is 41.2 Å². The monoisotopic (exact) mass is 306 g/mol. The van der Waals surface area contributed by atoms with E-state index < -0.39 is 0 Å². The zero-order chi connectivity index (χ0) is 13.1. The molecule has 0 aromatic heterocycles. The number of halogens is 1. The van der Waals surface area contributed by atoms with Crippen molar-refractivity contribution in [2.45, 2.75) is 39.2 Å². The van der Waals surface area contributed by atoms with Crippen molar-refractivity contribution < 1.29 is 0 Å². The van der Waals surface area contributed by atoms with Gasteiger partial charge in [-0.2, -0.15) is 5.26 Å². The third kappa shape index (κ3) is 2.70. The van der Waals surface area contributed by atoms with Gasteiger partial charge in [-0.05, 0) is 42.9 Å². The first kappa shape index (κ1) is 13.4. The van der Waals surface area contributed by atoms with E-state index >= 15 is 0 Å². The van der Waals surface area contributed by atoms with Crippen LogP contribution in [0.25, 0.3) is 0 Å². The number of rotatable bonds is 3. The maximum absolute atomic E-state index is 9.14. The Kier molecular flexibility index (Phi) is 4.29. The predicted octanol–water partition coefficient (Wildman–Crippen LogP) is 4.56. The molecule has 2 nitrogen and oxygen atoms in total. The zero-order valence-corrected chi connectivity index (χ0v) is 12.5. The molecule has 0 spiro atoms. The topological polar surface area (TPSA) is 35.8 Å². The van der Waals surface area contributed by atoms with Gasteiger partial charge < -0.3 is 5.32 Å². The van der Waals surface area contributed by atoms with Crippen molar-refractivity contribution >= 4 is 21.6 Å². The molecule has 0 radical (unpaired) electrons. The Morgan fingerprint density at radius 1 is 1.44 bits per heavy atom.